The second-order valence-electron chi connectivity index (χ2n) is 5.01. The molecule has 7 heteroatoms. The number of thiophene rings is 1. The van der Waals surface area contributed by atoms with E-state index in [9.17, 15) is 13.2 Å². The molecule has 0 aliphatic heterocycles. The highest BCUT2D eigenvalue weighted by Crippen LogP contribution is 2.29. The lowest BCUT2D eigenvalue weighted by Crippen LogP contribution is -2.09. The van der Waals surface area contributed by atoms with Gasteiger partial charge in [-0.25, -0.2) is 0 Å². The first-order valence-corrected chi connectivity index (χ1v) is 9.41. The highest BCUT2D eigenvalue weighted by atomic mass is 35.5. The molecule has 0 saturated heterocycles. The topological polar surface area (TPSA) is 71.4 Å². The van der Waals surface area contributed by atoms with Gasteiger partial charge in [-0.3, -0.25) is 9.35 Å². The molecule has 0 amide bonds. The number of hydrogen-bond donors (Lipinski definition) is 1. The Morgan fingerprint density at radius 2 is 1.87 bits per heavy atom. The number of carbonyl (C=O) groups is 1. The van der Waals surface area contributed by atoms with E-state index < -0.39 is 15.9 Å². The van der Waals surface area contributed by atoms with Crippen LogP contribution in [0.1, 0.15) is 20.8 Å². The van der Waals surface area contributed by atoms with Crippen LogP contribution >= 0.6 is 22.9 Å². The predicted molar refractivity (Wildman–Crippen MR) is 92.0 cm³/mol. The molecule has 0 aliphatic carbocycles. The van der Waals surface area contributed by atoms with Crippen LogP contribution in [0.2, 0.25) is 5.02 Å². The van der Waals surface area contributed by atoms with Gasteiger partial charge >= 0.3 is 0 Å². The van der Waals surface area contributed by atoms with Crippen LogP contribution in [-0.4, -0.2) is 18.8 Å². The number of halogens is 1. The zero-order valence-electron chi connectivity index (χ0n) is 11.7. The molecule has 0 unspecified atom stereocenters. The van der Waals surface area contributed by atoms with Gasteiger partial charge in [0, 0.05) is 15.3 Å². The van der Waals surface area contributed by atoms with Crippen molar-refractivity contribution in [1.29, 1.82) is 0 Å². The first kappa shape index (κ1) is 16.1. The minimum absolute atomic E-state index is 0.182. The van der Waals surface area contributed by atoms with Crippen molar-refractivity contribution in [2.24, 2.45) is 0 Å². The molecule has 4 nitrogen and oxygen atoms in total. The average Bonchev–Trinajstić information content (AvgIpc) is 2.91. The molecule has 0 saturated carbocycles. The predicted octanol–water partition coefficient (Wildman–Crippen LogP) is 4.17. The number of ketones is 1. The van der Waals surface area contributed by atoms with E-state index in [1.54, 1.807) is 6.07 Å². The van der Waals surface area contributed by atoms with Gasteiger partial charge in [0.15, 0.2) is 0 Å². The lowest BCUT2D eigenvalue weighted by Gasteiger charge is -2.07. The minimum Gasteiger partial charge on any atom is -0.288 e. The molecule has 3 aromatic rings. The zero-order valence-corrected chi connectivity index (χ0v) is 14.1. The van der Waals surface area contributed by atoms with Gasteiger partial charge in [-0.1, -0.05) is 35.9 Å². The van der Waals surface area contributed by atoms with Crippen LogP contribution in [0.4, 0.5) is 0 Å². The van der Waals surface area contributed by atoms with Crippen LogP contribution in [0, 0.1) is 0 Å². The van der Waals surface area contributed by atoms with Crippen molar-refractivity contribution >= 4 is 48.9 Å². The SMILES string of the molecule is O=C(c1cc2ccccc2s1)c1cc(Cl)ccc1CS(=O)(=O)O. The van der Waals surface area contributed by atoms with Crippen LogP contribution in [0.15, 0.2) is 48.5 Å². The van der Waals surface area contributed by atoms with E-state index in [2.05, 4.69) is 0 Å². The van der Waals surface area contributed by atoms with E-state index in [0.29, 0.717) is 9.90 Å². The summed E-state index contributed by atoms with van der Waals surface area (Å²) in [6.07, 6.45) is 0. The number of hydrogen-bond acceptors (Lipinski definition) is 4. The van der Waals surface area contributed by atoms with Crippen molar-refractivity contribution in [1.82, 2.24) is 0 Å². The molecular weight excluding hydrogens is 356 g/mol. The highest BCUT2D eigenvalue weighted by Gasteiger charge is 2.19. The molecule has 0 atom stereocenters. The summed E-state index contributed by atoms with van der Waals surface area (Å²) in [5.41, 5.74) is 0.404. The largest absolute Gasteiger partial charge is 0.288 e. The van der Waals surface area contributed by atoms with Crippen LogP contribution in [0.5, 0.6) is 0 Å². The summed E-state index contributed by atoms with van der Waals surface area (Å²) in [4.78, 5) is 13.2. The Labute approximate surface area is 142 Å². The van der Waals surface area contributed by atoms with E-state index in [-0.39, 0.29) is 16.9 Å². The maximum Gasteiger partial charge on any atom is 0.269 e. The number of carbonyl (C=O) groups excluding carboxylic acids is 1. The van der Waals surface area contributed by atoms with Crippen LogP contribution < -0.4 is 0 Å². The van der Waals surface area contributed by atoms with Gasteiger partial charge in [0.25, 0.3) is 10.1 Å². The average molecular weight is 367 g/mol. The van der Waals surface area contributed by atoms with Gasteiger partial charge in [-0.05, 0) is 35.2 Å². The maximum atomic E-state index is 12.8. The van der Waals surface area contributed by atoms with Crippen molar-refractivity contribution in [3.05, 3.63) is 69.6 Å². The van der Waals surface area contributed by atoms with Crippen molar-refractivity contribution in [2.45, 2.75) is 5.75 Å². The third-order valence-corrected chi connectivity index (χ3v) is 5.33. The third-order valence-electron chi connectivity index (χ3n) is 3.30. The van der Waals surface area contributed by atoms with Crippen molar-refractivity contribution in [3.63, 3.8) is 0 Å². The summed E-state index contributed by atoms with van der Waals surface area (Å²) in [5.74, 6) is -0.941. The summed E-state index contributed by atoms with van der Waals surface area (Å²) >= 11 is 7.27. The van der Waals surface area contributed by atoms with E-state index in [1.165, 1.54) is 29.5 Å². The molecular formula is C16H11ClO4S2. The third kappa shape index (κ3) is 3.61. The molecule has 0 radical (unpaired) electrons. The van der Waals surface area contributed by atoms with Crippen molar-refractivity contribution in [3.8, 4) is 0 Å². The zero-order chi connectivity index (χ0) is 16.6. The fourth-order valence-electron chi connectivity index (χ4n) is 2.31. The lowest BCUT2D eigenvalue weighted by atomic mass is 10.0. The summed E-state index contributed by atoms with van der Waals surface area (Å²) in [6.45, 7) is 0. The molecule has 1 heterocycles. The Morgan fingerprint density at radius 3 is 2.57 bits per heavy atom. The summed E-state index contributed by atoms with van der Waals surface area (Å²) in [5, 5.41) is 1.27. The monoisotopic (exact) mass is 366 g/mol. The maximum absolute atomic E-state index is 12.8. The molecule has 1 N–H and O–H groups in total. The standard InChI is InChI=1S/C16H11ClO4S2/c17-12-6-5-11(9-23(19,20)21)13(8-12)16(18)15-7-10-3-1-2-4-14(10)22-15/h1-8H,9H2,(H,19,20,21). The minimum atomic E-state index is -4.24. The molecule has 2 aromatic carbocycles. The van der Waals surface area contributed by atoms with E-state index >= 15 is 0 Å². The van der Waals surface area contributed by atoms with Gasteiger partial charge in [0.05, 0.1) is 4.88 Å². The summed E-state index contributed by atoms with van der Waals surface area (Å²) in [7, 11) is -4.24. The molecule has 0 aliphatic rings. The highest BCUT2D eigenvalue weighted by molar-refractivity contribution is 7.85. The first-order valence-electron chi connectivity index (χ1n) is 6.60. The second kappa shape index (κ2) is 6.05. The number of rotatable bonds is 4. The van der Waals surface area contributed by atoms with E-state index in [4.69, 9.17) is 16.2 Å². The fourth-order valence-corrected chi connectivity index (χ4v) is 4.14. The normalized spacial score (nSPS) is 11.7. The van der Waals surface area contributed by atoms with Gasteiger partial charge in [-0.2, -0.15) is 8.42 Å². The Balaban J connectivity index is 2.09. The molecule has 23 heavy (non-hydrogen) atoms. The number of fused-ring (bicyclic) bond motifs is 1. The Kier molecular flexibility index (Phi) is 4.25. The first-order chi connectivity index (χ1) is 10.8. The molecule has 0 spiro atoms. The van der Waals surface area contributed by atoms with Crippen molar-refractivity contribution in [2.75, 3.05) is 0 Å². The van der Waals surface area contributed by atoms with Gasteiger partial charge in [0.2, 0.25) is 5.78 Å². The Hall–Kier alpha value is -1.73. The quantitative estimate of drug-likeness (QED) is 0.555. The van der Waals surface area contributed by atoms with Crippen LogP contribution in [-0.2, 0) is 15.9 Å². The van der Waals surface area contributed by atoms with Gasteiger partial charge in [-0.15, -0.1) is 11.3 Å². The molecule has 0 bridgehead atoms. The van der Waals surface area contributed by atoms with E-state index in [1.807, 2.05) is 24.3 Å². The Morgan fingerprint density at radius 1 is 1.13 bits per heavy atom. The Bertz CT molecular complexity index is 973. The fraction of sp³-hybridized carbons (Fsp3) is 0.0625. The molecule has 0 fully saturated rings. The van der Waals surface area contributed by atoms with Crippen LogP contribution in [0.3, 0.4) is 0 Å². The van der Waals surface area contributed by atoms with Crippen molar-refractivity contribution < 1.29 is 17.8 Å². The molecule has 118 valence electrons. The molecule has 1 aromatic heterocycles. The summed E-state index contributed by atoms with van der Waals surface area (Å²) < 4.78 is 32.3. The van der Waals surface area contributed by atoms with Crippen LogP contribution in [0.25, 0.3) is 10.1 Å². The van der Waals surface area contributed by atoms with E-state index in [0.717, 1.165) is 10.1 Å². The van der Waals surface area contributed by atoms with Gasteiger partial charge < -0.3 is 0 Å². The van der Waals surface area contributed by atoms with Gasteiger partial charge in [0.1, 0.15) is 5.75 Å². The lowest BCUT2D eigenvalue weighted by molar-refractivity contribution is 0.104. The second-order valence-corrected chi connectivity index (χ2v) is 7.98. The summed E-state index contributed by atoms with van der Waals surface area (Å²) in [6, 6.07) is 13.7. The number of benzene rings is 2. The molecule has 3 rings (SSSR count). The smallest absolute Gasteiger partial charge is 0.269 e.